The minimum atomic E-state index is 1.22. The third-order valence-electron chi connectivity index (χ3n) is 11.2. The van der Waals surface area contributed by atoms with Gasteiger partial charge in [0, 0.05) is 0 Å². The van der Waals surface area contributed by atoms with E-state index in [1.165, 1.54) is 109 Å². The summed E-state index contributed by atoms with van der Waals surface area (Å²) in [5.41, 5.74) is 7.56. The molecule has 11 aromatic rings. The Balaban J connectivity index is 1.15. The summed E-state index contributed by atoms with van der Waals surface area (Å²) in [5.74, 6) is 0. The largest absolute Gasteiger partial charge is 0.0616 e. The summed E-state index contributed by atoms with van der Waals surface area (Å²) >= 11 is 0. The lowest BCUT2D eigenvalue weighted by molar-refractivity contribution is 1.64. The predicted octanol–water partition coefficient (Wildman–Crippen LogP) is 14.8. The van der Waals surface area contributed by atoms with Crippen LogP contribution in [-0.4, -0.2) is 0 Å². The van der Waals surface area contributed by atoms with Crippen LogP contribution >= 0.6 is 0 Å². The van der Waals surface area contributed by atoms with E-state index >= 15 is 0 Å². The van der Waals surface area contributed by atoms with Crippen molar-refractivity contribution in [1.82, 2.24) is 0 Å². The second-order valence-electron chi connectivity index (χ2n) is 13.9. The zero-order valence-electron chi connectivity index (χ0n) is 28.5. The molecule has 0 aliphatic rings. The van der Waals surface area contributed by atoms with Crippen molar-refractivity contribution in [2.75, 3.05) is 0 Å². The van der Waals surface area contributed by atoms with Crippen LogP contribution in [-0.2, 0) is 0 Å². The average molecular weight is 657 g/mol. The van der Waals surface area contributed by atoms with E-state index < -0.39 is 0 Å². The molecule has 0 aliphatic carbocycles. The molecule has 240 valence electrons. The molecule has 0 nitrogen and oxygen atoms in total. The Labute approximate surface area is 301 Å². The normalized spacial score (nSPS) is 11.8. The Morgan fingerprint density at radius 2 is 0.615 bits per heavy atom. The summed E-state index contributed by atoms with van der Waals surface area (Å²) in [7, 11) is 0. The van der Waals surface area contributed by atoms with Crippen LogP contribution in [0.25, 0.3) is 109 Å². The highest BCUT2D eigenvalue weighted by Gasteiger charge is 2.19. The first-order valence-electron chi connectivity index (χ1n) is 18.1. The highest BCUT2D eigenvalue weighted by molar-refractivity contribution is 6.33. The van der Waals surface area contributed by atoms with Crippen LogP contribution < -0.4 is 0 Å². The summed E-state index contributed by atoms with van der Waals surface area (Å²) < 4.78 is 0. The molecule has 0 fully saturated rings. The molecule has 52 heavy (non-hydrogen) atoms. The summed E-state index contributed by atoms with van der Waals surface area (Å²) in [5, 5.41) is 18.0. The maximum atomic E-state index is 2.44. The van der Waals surface area contributed by atoms with E-state index in [9.17, 15) is 0 Å². The van der Waals surface area contributed by atoms with E-state index in [4.69, 9.17) is 0 Å². The maximum absolute atomic E-state index is 2.44. The first kappa shape index (κ1) is 29.0. The smallest absolute Gasteiger partial charge is 0.00199 e. The zero-order chi connectivity index (χ0) is 34.2. The summed E-state index contributed by atoms with van der Waals surface area (Å²) in [6.07, 6.45) is 0. The quantitative estimate of drug-likeness (QED) is 0.131. The van der Waals surface area contributed by atoms with Gasteiger partial charge >= 0.3 is 0 Å². The number of benzene rings is 11. The van der Waals surface area contributed by atoms with Crippen LogP contribution in [0.15, 0.2) is 194 Å². The van der Waals surface area contributed by atoms with Crippen molar-refractivity contribution in [3.63, 3.8) is 0 Å². The van der Waals surface area contributed by atoms with Crippen LogP contribution in [0.5, 0.6) is 0 Å². The van der Waals surface area contributed by atoms with E-state index in [0.29, 0.717) is 0 Å². The highest BCUT2D eigenvalue weighted by Crippen LogP contribution is 2.47. The van der Waals surface area contributed by atoms with Crippen molar-refractivity contribution < 1.29 is 0 Å². The van der Waals surface area contributed by atoms with Gasteiger partial charge in [-0.2, -0.15) is 0 Å². The molecular formula is C52H32. The zero-order valence-corrected chi connectivity index (χ0v) is 28.5. The molecule has 0 heteroatoms. The molecule has 0 atom stereocenters. The SMILES string of the molecule is c1ccc2c(-c3c4ccccc4c(-c4ccc(-c5cc6c7ccccc7c7ccccc7c6c6ccccc56)cc4)c4ccccc34)cccc2c1. The number of fused-ring (bicyclic) bond motifs is 11. The van der Waals surface area contributed by atoms with Crippen molar-refractivity contribution in [2.24, 2.45) is 0 Å². The Morgan fingerprint density at radius 3 is 1.23 bits per heavy atom. The Bertz CT molecular complexity index is 3160. The van der Waals surface area contributed by atoms with Gasteiger partial charge in [-0.15, -0.1) is 0 Å². The molecule has 11 aromatic carbocycles. The Hall–Kier alpha value is -6.76. The van der Waals surface area contributed by atoms with E-state index in [-0.39, 0.29) is 0 Å². The molecule has 0 aromatic heterocycles. The Kier molecular flexibility index (Phi) is 6.35. The maximum Gasteiger partial charge on any atom is -0.00199 e. The fourth-order valence-corrected chi connectivity index (χ4v) is 9.00. The average Bonchev–Trinajstić information content (AvgIpc) is 3.22. The number of hydrogen-bond donors (Lipinski definition) is 0. The van der Waals surface area contributed by atoms with Crippen LogP contribution in [0.1, 0.15) is 0 Å². The molecule has 0 bridgehead atoms. The summed E-state index contributed by atoms with van der Waals surface area (Å²) in [6.45, 7) is 0. The summed E-state index contributed by atoms with van der Waals surface area (Å²) in [6, 6.07) is 71.7. The van der Waals surface area contributed by atoms with Crippen LogP contribution in [0.4, 0.5) is 0 Å². The second-order valence-corrected chi connectivity index (χ2v) is 13.9. The predicted molar refractivity (Wildman–Crippen MR) is 225 cm³/mol. The third-order valence-corrected chi connectivity index (χ3v) is 11.2. The van der Waals surface area contributed by atoms with E-state index in [2.05, 4.69) is 194 Å². The van der Waals surface area contributed by atoms with Crippen LogP contribution in [0.3, 0.4) is 0 Å². The minimum Gasteiger partial charge on any atom is -0.0616 e. The van der Waals surface area contributed by atoms with E-state index in [1.54, 1.807) is 0 Å². The van der Waals surface area contributed by atoms with Gasteiger partial charge in [0.05, 0.1) is 0 Å². The molecule has 0 saturated carbocycles. The molecule has 0 unspecified atom stereocenters. The highest BCUT2D eigenvalue weighted by atomic mass is 14.2. The lowest BCUT2D eigenvalue weighted by Crippen LogP contribution is -1.92. The number of rotatable bonds is 3. The molecule has 11 rings (SSSR count). The molecular weight excluding hydrogens is 625 g/mol. The van der Waals surface area contributed by atoms with Crippen LogP contribution in [0.2, 0.25) is 0 Å². The first-order chi connectivity index (χ1) is 25.8. The van der Waals surface area contributed by atoms with Crippen molar-refractivity contribution in [1.29, 1.82) is 0 Å². The Morgan fingerprint density at radius 1 is 0.212 bits per heavy atom. The van der Waals surface area contributed by atoms with Gasteiger partial charge in [0.2, 0.25) is 0 Å². The van der Waals surface area contributed by atoms with Gasteiger partial charge < -0.3 is 0 Å². The van der Waals surface area contributed by atoms with E-state index in [0.717, 1.165) is 0 Å². The van der Waals surface area contributed by atoms with Crippen LogP contribution in [0, 0.1) is 0 Å². The van der Waals surface area contributed by atoms with Crippen molar-refractivity contribution in [3.05, 3.63) is 194 Å². The van der Waals surface area contributed by atoms with Gasteiger partial charge in [0.1, 0.15) is 0 Å². The topological polar surface area (TPSA) is 0 Å². The van der Waals surface area contributed by atoms with Gasteiger partial charge in [-0.3, -0.25) is 0 Å². The van der Waals surface area contributed by atoms with Gasteiger partial charge in [-0.1, -0.05) is 188 Å². The van der Waals surface area contributed by atoms with Gasteiger partial charge in [-0.05, 0) is 115 Å². The van der Waals surface area contributed by atoms with Crippen molar-refractivity contribution in [3.8, 4) is 33.4 Å². The lowest BCUT2D eigenvalue weighted by Gasteiger charge is -2.19. The van der Waals surface area contributed by atoms with Crippen molar-refractivity contribution >= 4 is 75.4 Å². The van der Waals surface area contributed by atoms with Gasteiger partial charge in [0.15, 0.2) is 0 Å². The molecule has 0 radical (unpaired) electrons. The van der Waals surface area contributed by atoms with E-state index in [1.807, 2.05) is 0 Å². The number of hydrogen-bond acceptors (Lipinski definition) is 0. The molecule has 0 spiro atoms. The van der Waals surface area contributed by atoms with Gasteiger partial charge in [0.25, 0.3) is 0 Å². The van der Waals surface area contributed by atoms with Gasteiger partial charge in [-0.25, -0.2) is 0 Å². The minimum absolute atomic E-state index is 1.22. The summed E-state index contributed by atoms with van der Waals surface area (Å²) in [4.78, 5) is 0. The lowest BCUT2D eigenvalue weighted by atomic mass is 9.84. The monoisotopic (exact) mass is 656 g/mol. The fourth-order valence-electron chi connectivity index (χ4n) is 9.00. The standard InChI is InChI=1S/C52H32/c1-2-16-36-33(14-1)15-13-27-41(36)51-46-25-11-9-23-44(46)50(45-24-10-12-26-47(45)51)35-30-28-34(29-31-35)48-32-49-39-19-4-3-17-37(39)38-18-5-7-21-42(38)52(49)43-22-8-6-20-40(43)48/h1-32H. The molecule has 0 saturated heterocycles. The first-order valence-corrected chi connectivity index (χ1v) is 18.1. The fraction of sp³-hybridized carbons (Fsp3) is 0. The van der Waals surface area contributed by atoms with Crippen molar-refractivity contribution in [2.45, 2.75) is 0 Å². The molecule has 0 heterocycles. The molecule has 0 aliphatic heterocycles. The molecule has 0 N–H and O–H groups in total. The second kappa shape index (κ2) is 11.4. The third kappa shape index (κ3) is 4.22. The molecule has 0 amide bonds.